The third-order valence-electron chi connectivity index (χ3n) is 3.12. The normalized spacial score (nSPS) is 25.7. The van der Waals surface area contributed by atoms with Crippen LogP contribution in [0.3, 0.4) is 0 Å². The molecule has 0 aromatic heterocycles. The van der Waals surface area contributed by atoms with Crippen molar-refractivity contribution in [3.63, 3.8) is 0 Å². The second-order valence-corrected chi connectivity index (χ2v) is 4.16. The molecule has 2 rings (SSSR count). The molecule has 2 saturated heterocycles. The van der Waals surface area contributed by atoms with Gasteiger partial charge >= 0.3 is 0 Å². The number of piperidine rings is 1. The first-order valence-corrected chi connectivity index (χ1v) is 5.51. The van der Waals surface area contributed by atoms with Gasteiger partial charge in [-0.05, 0) is 5.92 Å². The van der Waals surface area contributed by atoms with Gasteiger partial charge in [-0.2, -0.15) is 0 Å². The Morgan fingerprint density at radius 2 is 1.79 bits per heavy atom. The topological polar surface area (TPSA) is 29.4 Å². The number of nitrogens with zero attached hydrogens (tertiary/aromatic N) is 2. The maximum Gasteiger partial charge on any atom is 0.0107 e. The van der Waals surface area contributed by atoms with Crippen LogP contribution in [0, 0.1) is 5.92 Å². The van der Waals surface area contributed by atoms with Crippen molar-refractivity contribution in [1.29, 1.82) is 0 Å². The molecule has 0 bridgehead atoms. The summed E-state index contributed by atoms with van der Waals surface area (Å²) >= 11 is 0. The van der Waals surface area contributed by atoms with Crippen LogP contribution in [0.5, 0.6) is 0 Å². The molecular weight excluding hydrogens is 346 g/mol. The SMILES string of the molecule is C1CC(CN2CCNCC2)CC[N-]1.[W]. The predicted octanol–water partition coefficient (Wildman–Crippen LogP) is 0.673. The Hall–Kier alpha value is 0.568. The Morgan fingerprint density at radius 3 is 2.43 bits per heavy atom. The van der Waals surface area contributed by atoms with E-state index in [0.717, 1.165) is 19.0 Å². The van der Waals surface area contributed by atoms with E-state index in [0.29, 0.717) is 0 Å². The van der Waals surface area contributed by atoms with E-state index in [2.05, 4.69) is 15.5 Å². The minimum atomic E-state index is 0. The van der Waals surface area contributed by atoms with E-state index in [1.165, 1.54) is 45.6 Å². The van der Waals surface area contributed by atoms with Crippen LogP contribution >= 0.6 is 0 Å². The van der Waals surface area contributed by atoms with Gasteiger partial charge in [-0.3, -0.25) is 0 Å². The van der Waals surface area contributed by atoms with Crippen LogP contribution in [0.4, 0.5) is 0 Å². The molecule has 0 aromatic carbocycles. The molecule has 3 nitrogen and oxygen atoms in total. The van der Waals surface area contributed by atoms with Gasteiger partial charge in [0.25, 0.3) is 0 Å². The molecule has 1 N–H and O–H groups in total. The van der Waals surface area contributed by atoms with Gasteiger partial charge in [0.1, 0.15) is 0 Å². The second kappa shape index (κ2) is 6.94. The van der Waals surface area contributed by atoms with Gasteiger partial charge in [0.15, 0.2) is 0 Å². The van der Waals surface area contributed by atoms with Gasteiger partial charge in [-0.25, -0.2) is 0 Å². The predicted molar refractivity (Wildman–Crippen MR) is 55.1 cm³/mol. The Balaban J connectivity index is 0.000000980. The van der Waals surface area contributed by atoms with Crippen molar-refractivity contribution in [2.24, 2.45) is 5.92 Å². The summed E-state index contributed by atoms with van der Waals surface area (Å²) in [6, 6.07) is 0. The maximum atomic E-state index is 4.39. The van der Waals surface area contributed by atoms with Crippen LogP contribution in [0.25, 0.3) is 5.32 Å². The zero-order valence-corrected chi connectivity index (χ0v) is 11.7. The molecular formula is C10H20N3W-. The molecule has 2 fully saturated rings. The Morgan fingerprint density at radius 1 is 1.14 bits per heavy atom. The average Bonchev–Trinajstić information content (AvgIpc) is 2.21. The van der Waals surface area contributed by atoms with Crippen molar-refractivity contribution in [3.05, 3.63) is 5.32 Å². The molecule has 0 unspecified atom stereocenters. The largest absolute Gasteiger partial charge is 0.662 e. The van der Waals surface area contributed by atoms with Crippen molar-refractivity contribution in [2.75, 3.05) is 45.8 Å². The van der Waals surface area contributed by atoms with Crippen LogP contribution < -0.4 is 5.32 Å². The minimum Gasteiger partial charge on any atom is -0.662 e. The zero-order valence-electron chi connectivity index (χ0n) is 8.74. The number of hydrogen-bond acceptors (Lipinski definition) is 2. The molecule has 82 valence electrons. The fourth-order valence-electron chi connectivity index (χ4n) is 2.25. The summed E-state index contributed by atoms with van der Waals surface area (Å²) in [5.41, 5.74) is 0. The van der Waals surface area contributed by atoms with Crippen LogP contribution in [-0.4, -0.2) is 50.7 Å². The Kier molecular flexibility index (Phi) is 6.27. The van der Waals surface area contributed by atoms with E-state index in [9.17, 15) is 0 Å². The first kappa shape index (κ1) is 12.6. The number of piperazine rings is 1. The van der Waals surface area contributed by atoms with E-state index >= 15 is 0 Å². The summed E-state index contributed by atoms with van der Waals surface area (Å²) < 4.78 is 0. The van der Waals surface area contributed by atoms with E-state index in [1.807, 2.05) is 0 Å². The molecule has 0 spiro atoms. The maximum absolute atomic E-state index is 4.39. The molecule has 2 aliphatic rings. The Bertz CT molecular complexity index is 126. The number of nitrogens with one attached hydrogen (secondary N) is 1. The smallest absolute Gasteiger partial charge is 0.0107 e. The van der Waals surface area contributed by atoms with Crippen molar-refractivity contribution < 1.29 is 21.1 Å². The van der Waals surface area contributed by atoms with Gasteiger partial charge < -0.3 is 15.5 Å². The summed E-state index contributed by atoms with van der Waals surface area (Å²) in [7, 11) is 0. The van der Waals surface area contributed by atoms with E-state index in [-0.39, 0.29) is 21.1 Å². The standard InChI is InChI=1S/C10H20N3.W/c1-3-11-4-2-10(1)9-13-7-5-12-6-8-13;/h10,12H,1-9H2;/q-1;. The minimum absolute atomic E-state index is 0. The van der Waals surface area contributed by atoms with E-state index < -0.39 is 0 Å². The van der Waals surface area contributed by atoms with Crippen LogP contribution in [0.15, 0.2) is 0 Å². The second-order valence-electron chi connectivity index (χ2n) is 4.16. The third kappa shape index (κ3) is 3.98. The summed E-state index contributed by atoms with van der Waals surface area (Å²) in [5, 5.41) is 7.78. The van der Waals surface area contributed by atoms with Gasteiger partial charge in [-0.1, -0.05) is 12.8 Å². The number of hydrogen-bond donors (Lipinski definition) is 1. The first-order chi connectivity index (χ1) is 6.45. The summed E-state index contributed by atoms with van der Waals surface area (Å²) in [5.74, 6) is 0.926. The van der Waals surface area contributed by atoms with Crippen molar-refractivity contribution in [2.45, 2.75) is 12.8 Å². The summed E-state index contributed by atoms with van der Waals surface area (Å²) in [6.07, 6.45) is 2.65. The number of rotatable bonds is 2. The van der Waals surface area contributed by atoms with Gasteiger partial charge in [0.05, 0.1) is 0 Å². The molecule has 0 saturated carbocycles. The van der Waals surface area contributed by atoms with Gasteiger partial charge in [0.2, 0.25) is 0 Å². The molecule has 2 aliphatic heterocycles. The van der Waals surface area contributed by atoms with Crippen LogP contribution in [0.2, 0.25) is 0 Å². The molecule has 0 aromatic rings. The van der Waals surface area contributed by atoms with E-state index in [1.54, 1.807) is 0 Å². The molecule has 0 radical (unpaired) electrons. The third-order valence-corrected chi connectivity index (χ3v) is 3.12. The zero-order chi connectivity index (χ0) is 8.93. The Labute approximate surface area is 101 Å². The molecule has 2 heterocycles. The fraction of sp³-hybridized carbons (Fsp3) is 1.00. The molecule has 14 heavy (non-hydrogen) atoms. The molecule has 0 amide bonds. The molecule has 0 atom stereocenters. The summed E-state index contributed by atoms with van der Waals surface area (Å²) in [4.78, 5) is 2.60. The van der Waals surface area contributed by atoms with Crippen molar-refractivity contribution in [3.8, 4) is 0 Å². The van der Waals surface area contributed by atoms with Crippen LogP contribution in [-0.2, 0) is 21.1 Å². The first-order valence-electron chi connectivity index (χ1n) is 5.51. The molecule has 0 aliphatic carbocycles. The van der Waals surface area contributed by atoms with Crippen molar-refractivity contribution >= 4 is 0 Å². The average molecular weight is 366 g/mol. The quantitative estimate of drug-likeness (QED) is 0.779. The summed E-state index contributed by atoms with van der Waals surface area (Å²) in [6.45, 7) is 8.38. The van der Waals surface area contributed by atoms with E-state index in [4.69, 9.17) is 0 Å². The van der Waals surface area contributed by atoms with Gasteiger partial charge in [-0.15, -0.1) is 13.1 Å². The van der Waals surface area contributed by atoms with Gasteiger partial charge in [0, 0.05) is 53.8 Å². The monoisotopic (exact) mass is 366 g/mol. The van der Waals surface area contributed by atoms with Crippen LogP contribution in [0.1, 0.15) is 12.8 Å². The molecule has 4 heteroatoms. The van der Waals surface area contributed by atoms with Crippen molar-refractivity contribution in [1.82, 2.24) is 10.2 Å². The fourth-order valence-corrected chi connectivity index (χ4v) is 2.25.